The van der Waals surface area contributed by atoms with Crippen molar-refractivity contribution >= 4 is 34.6 Å². The molecule has 2 amide bonds. The fourth-order valence-corrected chi connectivity index (χ4v) is 4.13. The van der Waals surface area contributed by atoms with Gasteiger partial charge in [-0.3, -0.25) is 19.9 Å². The zero-order chi connectivity index (χ0) is 30.6. The topological polar surface area (TPSA) is 136 Å². The molecule has 1 aromatic heterocycles. The van der Waals surface area contributed by atoms with E-state index in [0.717, 1.165) is 16.8 Å². The molecule has 0 radical (unpaired) electrons. The molecule has 226 valence electrons. The zero-order valence-corrected chi connectivity index (χ0v) is 23.9. The summed E-state index contributed by atoms with van der Waals surface area (Å²) in [4.78, 5) is 41.4. The molecule has 2 atom stereocenters. The van der Waals surface area contributed by atoms with Crippen molar-refractivity contribution in [1.82, 2.24) is 15.4 Å². The minimum Gasteiger partial charge on any atom is -0.465 e. The normalized spacial score (nSPS) is 12.5. The van der Waals surface area contributed by atoms with Crippen LogP contribution in [0, 0.1) is 17.6 Å². The van der Waals surface area contributed by atoms with Gasteiger partial charge >= 0.3 is 12.1 Å². The third-order valence-corrected chi connectivity index (χ3v) is 6.61. The van der Waals surface area contributed by atoms with Gasteiger partial charge in [0.05, 0.1) is 12.6 Å². The number of ether oxygens (including phenoxy) is 2. The highest BCUT2D eigenvalue weighted by atomic mass is 19.2. The molecule has 4 N–H and O–H groups in total. The molecule has 0 saturated carbocycles. The lowest BCUT2D eigenvalue weighted by Gasteiger charge is -2.31. The number of nitrogens with two attached hydrogens (primary N) is 1. The van der Waals surface area contributed by atoms with E-state index in [1.807, 2.05) is 38.1 Å². The van der Waals surface area contributed by atoms with Gasteiger partial charge in [0.1, 0.15) is 18.5 Å². The van der Waals surface area contributed by atoms with Crippen molar-refractivity contribution in [1.29, 1.82) is 0 Å². The number of nitrogens with zero attached hydrogens (tertiary/aromatic N) is 2. The first-order chi connectivity index (χ1) is 20.1. The number of hydrazine groups is 1. The maximum Gasteiger partial charge on any atom is 0.412 e. The van der Waals surface area contributed by atoms with Gasteiger partial charge in [-0.05, 0) is 42.7 Å². The van der Waals surface area contributed by atoms with Crippen LogP contribution in [-0.2, 0) is 25.6 Å². The van der Waals surface area contributed by atoms with E-state index >= 15 is 0 Å². The lowest BCUT2D eigenvalue weighted by Crippen LogP contribution is -2.50. The minimum absolute atomic E-state index is 0.0226. The third kappa shape index (κ3) is 9.45. The van der Waals surface area contributed by atoms with Gasteiger partial charge in [0.25, 0.3) is 0 Å². The summed E-state index contributed by atoms with van der Waals surface area (Å²) in [7, 11) is 0. The smallest absolute Gasteiger partial charge is 0.412 e. The Morgan fingerprint density at radius 2 is 1.76 bits per heavy atom. The predicted octanol–water partition coefficient (Wildman–Crippen LogP) is 4.68. The summed E-state index contributed by atoms with van der Waals surface area (Å²) in [5, 5.41) is 5.60. The number of carbonyl (C=O) groups is 3. The van der Waals surface area contributed by atoms with Crippen LogP contribution in [0.1, 0.15) is 45.6 Å². The number of esters is 1. The van der Waals surface area contributed by atoms with Gasteiger partial charge in [-0.15, -0.1) is 0 Å². The largest absolute Gasteiger partial charge is 0.465 e. The molecule has 0 spiro atoms. The minimum atomic E-state index is -1.02. The summed E-state index contributed by atoms with van der Waals surface area (Å²) in [5.41, 5.74) is 8.67. The maximum atomic E-state index is 14.2. The highest BCUT2D eigenvalue weighted by Crippen LogP contribution is 2.17. The number of rotatable bonds is 14. The molecule has 0 unspecified atom stereocenters. The quantitative estimate of drug-likeness (QED) is 0.141. The molecule has 0 saturated heterocycles. The Bertz CT molecular complexity index is 1370. The second-order valence-corrected chi connectivity index (χ2v) is 10.2. The molecule has 2 aromatic carbocycles. The Morgan fingerprint density at radius 3 is 2.48 bits per heavy atom. The first-order valence-electron chi connectivity index (χ1n) is 13.7. The number of benzene rings is 2. The van der Waals surface area contributed by atoms with Crippen LogP contribution in [0.3, 0.4) is 0 Å². The Kier molecular flexibility index (Phi) is 12.1. The number of nitrogens with one attached hydrogen (secondary N) is 2. The first-order valence-corrected chi connectivity index (χ1v) is 13.7. The van der Waals surface area contributed by atoms with Crippen molar-refractivity contribution in [2.24, 2.45) is 11.7 Å². The van der Waals surface area contributed by atoms with Crippen LogP contribution in [0.5, 0.6) is 0 Å². The monoisotopic (exact) mass is 585 g/mol. The fourth-order valence-electron chi connectivity index (χ4n) is 4.13. The van der Waals surface area contributed by atoms with Gasteiger partial charge in [0.2, 0.25) is 5.91 Å². The van der Waals surface area contributed by atoms with E-state index in [4.69, 9.17) is 15.2 Å². The summed E-state index contributed by atoms with van der Waals surface area (Å²) in [5.74, 6) is -2.72. The Morgan fingerprint density at radius 1 is 1.02 bits per heavy atom. The summed E-state index contributed by atoms with van der Waals surface area (Å²) in [6, 6.07) is 11.6. The third-order valence-electron chi connectivity index (χ3n) is 6.61. The Balaban J connectivity index is 1.64. The second kappa shape index (κ2) is 15.7. The van der Waals surface area contributed by atoms with E-state index in [2.05, 4.69) is 15.7 Å². The van der Waals surface area contributed by atoms with Crippen molar-refractivity contribution in [2.45, 2.75) is 58.7 Å². The molecule has 10 nitrogen and oxygen atoms in total. The van der Waals surface area contributed by atoms with Gasteiger partial charge in [-0.25, -0.2) is 24.0 Å². The Labute approximate surface area is 243 Å². The molecule has 0 bridgehead atoms. The number of unbranched alkanes of at least 4 members (excludes halogenated alkanes) is 1. The number of aromatic nitrogens is 1. The average Bonchev–Trinajstić information content (AvgIpc) is 2.96. The number of anilines is 1. The van der Waals surface area contributed by atoms with Crippen LogP contribution in [0.2, 0.25) is 0 Å². The standard InChI is InChI=1S/C30H37F2N5O5/c1-19(2)28(33)29(39)41-14-7-6-12-24(37(20(3)38)35-17-23-11-8-13-25(31)27(23)32)18-42-30(40)36-26-15-21-9-4-5-10-22(21)16-34-26/h4-5,8-11,13,15-16,19,24,28,35H,6-7,12,14,17-18,33H2,1-3H3,(H,34,36,40)/t24-,28+/m0/s1. The molecule has 0 aliphatic rings. The van der Waals surface area contributed by atoms with Gasteiger partial charge in [-0.2, -0.15) is 0 Å². The van der Waals surface area contributed by atoms with E-state index < -0.39 is 41.7 Å². The summed E-state index contributed by atoms with van der Waals surface area (Å²) in [6.45, 7) is 4.68. The molecule has 0 aliphatic heterocycles. The van der Waals surface area contributed by atoms with Crippen molar-refractivity contribution in [3.63, 3.8) is 0 Å². The lowest BCUT2D eigenvalue weighted by molar-refractivity contribution is -0.146. The number of hydrogen-bond acceptors (Lipinski definition) is 8. The molecule has 3 rings (SSSR count). The summed E-state index contributed by atoms with van der Waals surface area (Å²) in [6.07, 6.45) is 2.14. The maximum absolute atomic E-state index is 14.2. The molecule has 0 fully saturated rings. The number of amides is 2. The van der Waals surface area contributed by atoms with Crippen molar-refractivity contribution in [3.05, 3.63) is 71.9 Å². The van der Waals surface area contributed by atoms with Crippen molar-refractivity contribution in [3.8, 4) is 0 Å². The van der Waals surface area contributed by atoms with Crippen LogP contribution in [0.15, 0.2) is 54.7 Å². The van der Waals surface area contributed by atoms with Crippen molar-refractivity contribution < 1.29 is 32.6 Å². The van der Waals surface area contributed by atoms with E-state index in [-0.39, 0.29) is 31.2 Å². The SMILES string of the molecule is CC(=O)N(NCc1cccc(F)c1F)[C@@H](CCCCOC(=O)[C@H](N)C(C)C)COC(=O)Nc1cc2ccccc2cn1. The van der Waals surface area contributed by atoms with Gasteiger partial charge in [-0.1, -0.05) is 50.2 Å². The fraction of sp³-hybridized carbons (Fsp3) is 0.400. The van der Waals surface area contributed by atoms with Gasteiger partial charge in [0, 0.05) is 30.6 Å². The Hall–Kier alpha value is -4.16. The van der Waals surface area contributed by atoms with Gasteiger partial charge in [0.15, 0.2) is 11.6 Å². The van der Waals surface area contributed by atoms with E-state index in [9.17, 15) is 23.2 Å². The van der Waals surface area contributed by atoms with E-state index in [0.29, 0.717) is 25.1 Å². The van der Waals surface area contributed by atoms with Crippen molar-refractivity contribution in [2.75, 3.05) is 18.5 Å². The summed E-state index contributed by atoms with van der Waals surface area (Å²) < 4.78 is 38.6. The van der Waals surface area contributed by atoms with E-state index in [1.54, 1.807) is 12.3 Å². The molecule has 0 aliphatic carbocycles. The lowest BCUT2D eigenvalue weighted by atomic mass is 10.1. The van der Waals surface area contributed by atoms with Crippen LogP contribution < -0.4 is 16.5 Å². The highest BCUT2D eigenvalue weighted by Gasteiger charge is 2.24. The van der Waals surface area contributed by atoms with E-state index in [1.165, 1.54) is 24.1 Å². The number of fused-ring (bicyclic) bond motifs is 1. The number of hydrogen-bond donors (Lipinski definition) is 3. The van der Waals surface area contributed by atoms with Crippen LogP contribution in [0.25, 0.3) is 10.8 Å². The van der Waals surface area contributed by atoms with Gasteiger partial charge < -0.3 is 15.2 Å². The molecular weight excluding hydrogens is 548 g/mol. The zero-order valence-electron chi connectivity index (χ0n) is 23.9. The average molecular weight is 586 g/mol. The second-order valence-electron chi connectivity index (χ2n) is 10.2. The molecule has 12 heteroatoms. The highest BCUT2D eigenvalue weighted by molar-refractivity contribution is 5.89. The predicted molar refractivity (Wildman–Crippen MR) is 154 cm³/mol. The van der Waals surface area contributed by atoms with Crippen LogP contribution >= 0.6 is 0 Å². The number of carbonyl (C=O) groups excluding carboxylic acids is 3. The number of pyridine rings is 1. The number of halogens is 2. The molecule has 42 heavy (non-hydrogen) atoms. The summed E-state index contributed by atoms with van der Waals surface area (Å²) >= 11 is 0. The van der Waals surface area contributed by atoms with Crippen LogP contribution in [-0.4, -0.2) is 53.3 Å². The molecule has 1 heterocycles. The van der Waals surface area contributed by atoms with Crippen LogP contribution in [0.4, 0.5) is 19.4 Å². The molecular formula is C30H37F2N5O5. The first kappa shape index (κ1) is 32.4. The molecule has 3 aromatic rings.